The molecule has 0 atom stereocenters. The van der Waals surface area contributed by atoms with Crippen molar-refractivity contribution in [2.75, 3.05) is 17.7 Å². The van der Waals surface area contributed by atoms with Crippen molar-refractivity contribution in [1.82, 2.24) is 24.9 Å². The van der Waals surface area contributed by atoms with Crippen molar-refractivity contribution in [1.29, 1.82) is 0 Å². The monoisotopic (exact) mass is 289 g/mol. The van der Waals surface area contributed by atoms with Crippen molar-refractivity contribution in [3.63, 3.8) is 0 Å². The molecular weight excluding hydrogens is 270 g/mol. The first-order chi connectivity index (χ1) is 10.1. The van der Waals surface area contributed by atoms with Gasteiger partial charge in [0.1, 0.15) is 5.82 Å². The molecule has 0 aliphatic carbocycles. The molecule has 8 heteroatoms. The molecule has 0 radical (unpaired) electrons. The van der Waals surface area contributed by atoms with Crippen LogP contribution in [-0.2, 0) is 6.54 Å². The summed E-state index contributed by atoms with van der Waals surface area (Å²) in [6.07, 6.45) is 1.72. The molecule has 2 aromatic rings. The van der Waals surface area contributed by atoms with E-state index in [1.54, 1.807) is 13.2 Å². The summed E-state index contributed by atoms with van der Waals surface area (Å²) < 4.78 is 5.50. The van der Waals surface area contributed by atoms with Crippen molar-refractivity contribution in [3.8, 4) is 6.01 Å². The third-order valence-electron chi connectivity index (χ3n) is 2.44. The summed E-state index contributed by atoms with van der Waals surface area (Å²) in [5, 5.41) is 5.98. The molecule has 0 bridgehead atoms. The normalized spacial score (nSPS) is 10.5. The van der Waals surface area contributed by atoms with Gasteiger partial charge in [-0.1, -0.05) is 0 Å². The first kappa shape index (κ1) is 14.9. The van der Waals surface area contributed by atoms with Crippen LogP contribution in [0, 0.1) is 6.92 Å². The van der Waals surface area contributed by atoms with E-state index in [1.165, 1.54) is 0 Å². The van der Waals surface area contributed by atoms with Crippen LogP contribution in [0.4, 0.5) is 11.9 Å². The summed E-state index contributed by atoms with van der Waals surface area (Å²) in [6, 6.07) is 2.12. The van der Waals surface area contributed by atoms with Crippen molar-refractivity contribution in [3.05, 3.63) is 23.8 Å². The van der Waals surface area contributed by atoms with Crippen LogP contribution in [0.2, 0.25) is 0 Å². The fourth-order valence-corrected chi connectivity index (χ4v) is 1.58. The Balaban J connectivity index is 2.11. The molecule has 2 heterocycles. The van der Waals surface area contributed by atoms with Crippen LogP contribution in [0.25, 0.3) is 0 Å². The van der Waals surface area contributed by atoms with Crippen LogP contribution in [0.15, 0.2) is 12.3 Å². The van der Waals surface area contributed by atoms with Gasteiger partial charge in [0.05, 0.1) is 18.3 Å². The van der Waals surface area contributed by atoms with E-state index in [-0.39, 0.29) is 12.1 Å². The van der Waals surface area contributed by atoms with E-state index in [9.17, 15) is 0 Å². The molecule has 0 unspecified atom stereocenters. The van der Waals surface area contributed by atoms with Crippen molar-refractivity contribution >= 4 is 11.9 Å². The lowest BCUT2D eigenvalue weighted by Gasteiger charge is -2.11. The van der Waals surface area contributed by atoms with Crippen LogP contribution >= 0.6 is 0 Å². The molecule has 2 aromatic heterocycles. The molecule has 0 fully saturated rings. The summed E-state index contributed by atoms with van der Waals surface area (Å²) in [5.74, 6) is 1.60. The van der Waals surface area contributed by atoms with Gasteiger partial charge in [-0.3, -0.25) is 0 Å². The maximum Gasteiger partial charge on any atom is 0.323 e. The third-order valence-corrected chi connectivity index (χ3v) is 2.44. The van der Waals surface area contributed by atoms with Gasteiger partial charge in [0, 0.05) is 13.2 Å². The van der Waals surface area contributed by atoms with Gasteiger partial charge in [0.2, 0.25) is 11.9 Å². The van der Waals surface area contributed by atoms with E-state index < -0.39 is 0 Å². The van der Waals surface area contributed by atoms with Gasteiger partial charge in [-0.05, 0) is 26.8 Å². The third kappa shape index (κ3) is 4.51. The summed E-state index contributed by atoms with van der Waals surface area (Å²) in [4.78, 5) is 21.0. The first-order valence-electron chi connectivity index (χ1n) is 6.69. The summed E-state index contributed by atoms with van der Waals surface area (Å²) >= 11 is 0. The van der Waals surface area contributed by atoms with E-state index >= 15 is 0 Å². The van der Waals surface area contributed by atoms with Gasteiger partial charge < -0.3 is 15.4 Å². The largest absolute Gasteiger partial charge is 0.461 e. The quantitative estimate of drug-likeness (QED) is 0.823. The second kappa shape index (κ2) is 6.78. The minimum atomic E-state index is -0.00512. The highest BCUT2D eigenvalue weighted by Crippen LogP contribution is 2.12. The van der Waals surface area contributed by atoms with E-state index in [1.807, 2.05) is 26.8 Å². The number of nitrogens with one attached hydrogen (secondary N) is 2. The predicted molar refractivity (Wildman–Crippen MR) is 79.2 cm³/mol. The summed E-state index contributed by atoms with van der Waals surface area (Å²) in [6.45, 7) is 6.18. The van der Waals surface area contributed by atoms with E-state index in [0.29, 0.717) is 18.4 Å². The Bertz CT molecular complexity index is 603. The van der Waals surface area contributed by atoms with E-state index in [0.717, 1.165) is 11.5 Å². The van der Waals surface area contributed by atoms with E-state index in [4.69, 9.17) is 4.74 Å². The average Bonchev–Trinajstić information content (AvgIpc) is 2.44. The van der Waals surface area contributed by atoms with E-state index in [2.05, 4.69) is 35.6 Å². The fraction of sp³-hybridized carbons (Fsp3) is 0.462. The van der Waals surface area contributed by atoms with Crippen LogP contribution < -0.4 is 15.4 Å². The Morgan fingerprint density at radius 3 is 2.57 bits per heavy atom. The number of hydrogen-bond donors (Lipinski definition) is 2. The molecule has 0 aromatic carbocycles. The highest BCUT2D eigenvalue weighted by molar-refractivity contribution is 5.35. The Kier molecular flexibility index (Phi) is 4.81. The molecule has 0 saturated carbocycles. The van der Waals surface area contributed by atoms with Crippen molar-refractivity contribution in [2.24, 2.45) is 0 Å². The molecule has 0 aliphatic rings. The highest BCUT2D eigenvalue weighted by Gasteiger charge is 2.08. The molecule has 2 rings (SSSR count). The maximum absolute atomic E-state index is 5.50. The Hall–Kier alpha value is -2.51. The molecule has 2 N–H and O–H groups in total. The highest BCUT2D eigenvalue weighted by atomic mass is 16.5. The molecule has 0 saturated heterocycles. The molecule has 21 heavy (non-hydrogen) atoms. The smallest absolute Gasteiger partial charge is 0.323 e. The zero-order valence-corrected chi connectivity index (χ0v) is 12.6. The number of aryl methyl sites for hydroxylation is 1. The van der Waals surface area contributed by atoms with Crippen molar-refractivity contribution in [2.45, 2.75) is 33.4 Å². The Morgan fingerprint density at radius 1 is 1.14 bits per heavy atom. The number of ether oxygens (including phenoxy) is 1. The lowest BCUT2D eigenvalue weighted by atomic mass is 10.4. The van der Waals surface area contributed by atoms with Gasteiger partial charge in [0.25, 0.3) is 0 Å². The Morgan fingerprint density at radius 2 is 1.90 bits per heavy atom. The summed E-state index contributed by atoms with van der Waals surface area (Å²) in [7, 11) is 1.74. The summed E-state index contributed by atoms with van der Waals surface area (Å²) in [5.41, 5.74) is 0.861. The second-order valence-corrected chi connectivity index (χ2v) is 4.63. The molecule has 0 amide bonds. The van der Waals surface area contributed by atoms with Gasteiger partial charge in [-0.15, -0.1) is 0 Å². The molecule has 8 nitrogen and oxygen atoms in total. The minimum Gasteiger partial charge on any atom is -0.461 e. The van der Waals surface area contributed by atoms with Crippen LogP contribution in [-0.4, -0.2) is 38.1 Å². The molecular formula is C13H19N7O. The van der Waals surface area contributed by atoms with Gasteiger partial charge in [-0.2, -0.15) is 15.0 Å². The number of hydrogen-bond acceptors (Lipinski definition) is 8. The number of aromatic nitrogens is 5. The topological polar surface area (TPSA) is 97.7 Å². The van der Waals surface area contributed by atoms with Crippen LogP contribution in [0.3, 0.4) is 0 Å². The van der Waals surface area contributed by atoms with Gasteiger partial charge in [-0.25, -0.2) is 9.97 Å². The predicted octanol–water partition coefficient (Wildman–Crippen LogP) is 1.41. The molecule has 112 valence electrons. The average molecular weight is 289 g/mol. The van der Waals surface area contributed by atoms with Crippen molar-refractivity contribution < 1.29 is 4.74 Å². The number of nitrogens with zero attached hydrogens (tertiary/aromatic N) is 5. The fourth-order valence-electron chi connectivity index (χ4n) is 1.58. The number of anilines is 2. The first-order valence-corrected chi connectivity index (χ1v) is 6.69. The maximum atomic E-state index is 5.50. The zero-order chi connectivity index (χ0) is 15.2. The van der Waals surface area contributed by atoms with Crippen LogP contribution in [0.1, 0.15) is 25.4 Å². The SMILES string of the molecule is CNc1nc(NCc2ccnc(C)n2)nc(OC(C)C)n1. The minimum absolute atomic E-state index is 0.00512. The second-order valence-electron chi connectivity index (χ2n) is 4.63. The lowest BCUT2D eigenvalue weighted by Crippen LogP contribution is -2.13. The lowest BCUT2D eigenvalue weighted by molar-refractivity contribution is 0.222. The van der Waals surface area contributed by atoms with Crippen LogP contribution in [0.5, 0.6) is 6.01 Å². The standard InChI is InChI=1S/C13H19N7O/c1-8(2)21-13-19-11(14-4)18-12(20-13)16-7-10-5-6-15-9(3)17-10/h5-6,8H,7H2,1-4H3,(H2,14,16,18,19,20). The Labute approximate surface area is 123 Å². The van der Waals surface area contributed by atoms with Gasteiger partial charge in [0.15, 0.2) is 0 Å². The molecule has 0 spiro atoms. The molecule has 0 aliphatic heterocycles. The number of rotatable bonds is 6. The zero-order valence-electron chi connectivity index (χ0n) is 12.6. The van der Waals surface area contributed by atoms with Gasteiger partial charge >= 0.3 is 6.01 Å².